The van der Waals surface area contributed by atoms with Crippen LogP contribution in [0.4, 0.5) is 0 Å². The molecule has 0 rings (SSSR count). The lowest BCUT2D eigenvalue weighted by molar-refractivity contribution is -0.161. The molecule has 0 aromatic heterocycles. The zero-order chi connectivity index (χ0) is 40.7. The van der Waals surface area contributed by atoms with Crippen molar-refractivity contribution in [2.75, 3.05) is 13.2 Å². The lowest BCUT2D eigenvalue weighted by Gasteiger charge is -2.15. The van der Waals surface area contributed by atoms with Crippen LogP contribution >= 0.6 is 0 Å². The van der Waals surface area contributed by atoms with E-state index in [1.807, 2.05) is 0 Å². The SMILES string of the molecule is CC/C=C\C/C=C\C/C=C\C/C=C\C/C=C\C/C=C\CCCCC(=O)OC(CO)COC(=O)CCCCCCC/C=C\C/C=C\C/C=C\C/C=C\C/C=C\CC. The van der Waals surface area contributed by atoms with E-state index >= 15 is 0 Å². The molecule has 312 valence electrons. The molecule has 0 radical (unpaired) electrons. The summed E-state index contributed by atoms with van der Waals surface area (Å²) in [6.07, 6.45) is 68.0. The fourth-order valence-electron chi connectivity index (χ4n) is 5.23. The molecule has 0 bridgehead atoms. The van der Waals surface area contributed by atoms with Gasteiger partial charge in [0.15, 0.2) is 6.10 Å². The standard InChI is InChI=1S/C51H78O5/c1-3-5-7-9-11-13-15-17-19-21-23-25-27-29-31-33-35-37-39-41-43-45-50(53)55-48-49(47-52)56-51(54)46-44-42-40-38-36-34-32-30-28-26-24-22-20-18-16-14-12-10-8-6-4-2/h5-8,11-14,17-20,23-26,29-32,36,38,49,52H,3-4,9-10,15-16,21-22,27-28,33-35,37,39-48H2,1-2H3/b7-5-,8-6-,13-11-,14-12-,19-17-,20-18-,25-23-,26-24-,31-29-,32-30-,38-36-. The lowest BCUT2D eigenvalue weighted by atomic mass is 10.1. The monoisotopic (exact) mass is 771 g/mol. The van der Waals surface area contributed by atoms with Gasteiger partial charge in [-0.25, -0.2) is 0 Å². The van der Waals surface area contributed by atoms with Gasteiger partial charge in [-0.05, 0) is 109 Å². The van der Waals surface area contributed by atoms with Crippen molar-refractivity contribution in [1.29, 1.82) is 0 Å². The third-order valence-electron chi connectivity index (χ3n) is 8.44. The van der Waals surface area contributed by atoms with Crippen molar-refractivity contribution in [3.63, 3.8) is 0 Å². The Morgan fingerprint density at radius 1 is 0.411 bits per heavy atom. The van der Waals surface area contributed by atoms with Gasteiger partial charge in [0.1, 0.15) is 6.61 Å². The molecule has 0 aliphatic carbocycles. The quantitative estimate of drug-likeness (QED) is 0.0387. The van der Waals surface area contributed by atoms with E-state index < -0.39 is 6.10 Å². The van der Waals surface area contributed by atoms with Crippen LogP contribution in [0.15, 0.2) is 134 Å². The number of carbonyl (C=O) groups is 2. The summed E-state index contributed by atoms with van der Waals surface area (Å²) >= 11 is 0. The maximum Gasteiger partial charge on any atom is 0.306 e. The molecular formula is C51H78O5. The Morgan fingerprint density at radius 2 is 0.714 bits per heavy atom. The van der Waals surface area contributed by atoms with Crippen LogP contribution in [0.3, 0.4) is 0 Å². The van der Waals surface area contributed by atoms with E-state index in [-0.39, 0.29) is 31.6 Å². The molecular weight excluding hydrogens is 693 g/mol. The number of hydrogen-bond acceptors (Lipinski definition) is 5. The number of esters is 2. The molecule has 0 amide bonds. The van der Waals surface area contributed by atoms with Gasteiger partial charge in [0.2, 0.25) is 0 Å². The fraction of sp³-hybridized carbons (Fsp3) is 0.529. The number of carbonyl (C=O) groups excluding carboxylic acids is 2. The van der Waals surface area contributed by atoms with Crippen molar-refractivity contribution in [3.8, 4) is 0 Å². The number of ether oxygens (including phenoxy) is 2. The summed E-state index contributed by atoms with van der Waals surface area (Å²) in [5.41, 5.74) is 0. The first kappa shape index (κ1) is 52.0. The first-order valence-electron chi connectivity index (χ1n) is 21.7. The molecule has 1 atom stereocenters. The molecule has 5 nitrogen and oxygen atoms in total. The van der Waals surface area contributed by atoms with Gasteiger partial charge < -0.3 is 14.6 Å². The topological polar surface area (TPSA) is 72.8 Å². The number of aliphatic hydroxyl groups is 1. The largest absolute Gasteiger partial charge is 0.462 e. The molecule has 0 spiro atoms. The molecule has 56 heavy (non-hydrogen) atoms. The molecule has 0 aromatic rings. The highest BCUT2D eigenvalue weighted by Crippen LogP contribution is 2.10. The average molecular weight is 771 g/mol. The van der Waals surface area contributed by atoms with Crippen LogP contribution in [0.1, 0.15) is 155 Å². The van der Waals surface area contributed by atoms with Gasteiger partial charge >= 0.3 is 11.9 Å². The number of allylic oxidation sites excluding steroid dienone is 22. The molecule has 1 unspecified atom stereocenters. The Bertz CT molecular complexity index is 1240. The zero-order valence-electron chi connectivity index (χ0n) is 35.3. The average Bonchev–Trinajstić information content (AvgIpc) is 3.20. The molecule has 0 aromatic carbocycles. The van der Waals surface area contributed by atoms with E-state index in [2.05, 4.69) is 148 Å². The van der Waals surface area contributed by atoms with E-state index in [0.29, 0.717) is 12.8 Å². The van der Waals surface area contributed by atoms with Crippen LogP contribution in [0.25, 0.3) is 0 Å². The van der Waals surface area contributed by atoms with Gasteiger partial charge in [-0.1, -0.05) is 167 Å². The van der Waals surface area contributed by atoms with E-state index in [4.69, 9.17) is 9.47 Å². The third kappa shape index (κ3) is 42.8. The minimum Gasteiger partial charge on any atom is -0.462 e. The summed E-state index contributed by atoms with van der Waals surface area (Å²) in [5, 5.41) is 9.58. The normalized spacial score (nSPS) is 13.6. The van der Waals surface area contributed by atoms with Crippen LogP contribution in [0.5, 0.6) is 0 Å². The van der Waals surface area contributed by atoms with Crippen molar-refractivity contribution < 1.29 is 24.2 Å². The van der Waals surface area contributed by atoms with Crippen molar-refractivity contribution in [3.05, 3.63) is 134 Å². The van der Waals surface area contributed by atoms with Crippen LogP contribution in [-0.4, -0.2) is 36.4 Å². The summed E-state index contributed by atoms with van der Waals surface area (Å²) in [7, 11) is 0. The number of hydrogen-bond donors (Lipinski definition) is 1. The maximum absolute atomic E-state index is 12.2. The first-order chi connectivity index (χ1) is 27.6. The van der Waals surface area contributed by atoms with Gasteiger partial charge in [-0.15, -0.1) is 0 Å². The Kier molecular flexibility index (Phi) is 42.2. The van der Waals surface area contributed by atoms with Crippen LogP contribution < -0.4 is 0 Å². The predicted octanol–water partition coefficient (Wildman–Crippen LogP) is 14.2. The maximum atomic E-state index is 12.2. The van der Waals surface area contributed by atoms with Gasteiger partial charge in [-0.2, -0.15) is 0 Å². The van der Waals surface area contributed by atoms with Gasteiger partial charge in [0.05, 0.1) is 6.61 Å². The molecule has 0 aliphatic rings. The molecule has 0 saturated heterocycles. The summed E-state index contributed by atoms with van der Waals surface area (Å²) in [4.78, 5) is 24.3. The highest BCUT2D eigenvalue weighted by molar-refractivity contribution is 5.70. The second kappa shape index (κ2) is 45.4. The van der Waals surface area contributed by atoms with Crippen LogP contribution in [0.2, 0.25) is 0 Å². The Hall–Kier alpha value is -3.96. The third-order valence-corrected chi connectivity index (χ3v) is 8.44. The highest BCUT2D eigenvalue weighted by Gasteiger charge is 2.16. The molecule has 1 N–H and O–H groups in total. The Balaban J connectivity index is 3.73. The molecule has 0 saturated carbocycles. The highest BCUT2D eigenvalue weighted by atomic mass is 16.6. The Labute approximate surface area is 343 Å². The van der Waals surface area contributed by atoms with Gasteiger partial charge in [0, 0.05) is 12.8 Å². The van der Waals surface area contributed by atoms with Gasteiger partial charge in [-0.3, -0.25) is 9.59 Å². The summed E-state index contributed by atoms with van der Waals surface area (Å²) < 4.78 is 10.6. The van der Waals surface area contributed by atoms with Crippen molar-refractivity contribution in [1.82, 2.24) is 0 Å². The van der Waals surface area contributed by atoms with Gasteiger partial charge in [0.25, 0.3) is 0 Å². The number of rotatable bonds is 37. The summed E-state index contributed by atoms with van der Waals surface area (Å²) in [6.45, 7) is 3.83. The zero-order valence-corrected chi connectivity index (χ0v) is 35.3. The Morgan fingerprint density at radius 3 is 1.11 bits per heavy atom. The van der Waals surface area contributed by atoms with E-state index in [1.54, 1.807) is 0 Å². The summed E-state index contributed by atoms with van der Waals surface area (Å²) in [6, 6.07) is 0. The molecule has 0 heterocycles. The summed E-state index contributed by atoms with van der Waals surface area (Å²) in [5.74, 6) is -0.679. The van der Waals surface area contributed by atoms with Crippen molar-refractivity contribution >= 4 is 11.9 Å². The van der Waals surface area contributed by atoms with E-state index in [1.165, 1.54) is 0 Å². The lowest BCUT2D eigenvalue weighted by Crippen LogP contribution is -2.28. The molecule has 5 heteroatoms. The minimum atomic E-state index is -0.814. The second-order valence-corrected chi connectivity index (χ2v) is 13.7. The predicted molar refractivity (Wildman–Crippen MR) is 241 cm³/mol. The van der Waals surface area contributed by atoms with Crippen LogP contribution in [0, 0.1) is 0 Å². The van der Waals surface area contributed by atoms with Crippen molar-refractivity contribution in [2.24, 2.45) is 0 Å². The van der Waals surface area contributed by atoms with E-state index in [0.717, 1.165) is 122 Å². The minimum absolute atomic E-state index is 0.104. The fourth-order valence-corrected chi connectivity index (χ4v) is 5.23. The van der Waals surface area contributed by atoms with E-state index in [9.17, 15) is 14.7 Å². The molecule has 0 aliphatic heterocycles. The number of aliphatic hydroxyl groups excluding tert-OH is 1. The first-order valence-corrected chi connectivity index (χ1v) is 21.7. The second-order valence-electron chi connectivity index (χ2n) is 13.7. The smallest absolute Gasteiger partial charge is 0.306 e. The number of unbranched alkanes of at least 4 members (excludes halogenated alkanes) is 7. The van der Waals surface area contributed by atoms with Crippen LogP contribution in [-0.2, 0) is 19.1 Å². The molecule has 0 fully saturated rings. The van der Waals surface area contributed by atoms with Crippen molar-refractivity contribution in [2.45, 2.75) is 161 Å².